The van der Waals surface area contributed by atoms with Gasteiger partial charge in [-0.2, -0.15) is 0 Å². The molecule has 31 valence electrons. The van der Waals surface area contributed by atoms with Crippen molar-refractivity contribution >= 4 is 0 Å². The molecule has 5 heavy (non-hydrogen) atoms. The van der Waals surface area contributed by atoms with E-state index in [0.29, 0.717) is 0 Å². The Morgan fingerprint density at radius 1 is 2.00 bits per heavy atom. The Balaban J connectivity index is 2.54. The summed E-state index contributed by atoms with van der Waals surface area (Å²) in [4.78, 5) is 0. The second-order valence-corrected chi connectivity index (χ2v) is 0.947. The second kappa shape index (κ2) is 2.15. The molecule has 1 nitrogen and oxygen atoms in total. The summed E-state index contributed by atoms with van der Waals surface area (Å²) in [6.07, 6.45) is -1.17. The van der Waals surface area contributed by atoms with E-state index < -0.39 is 12.8 Å². The molecular formula is C3H6FO. The van der Waals surface area contributed by atoms with Crippen LogP contribution in [0.5, 0.6) is 0 Å². The van der Waals surface area contributed by atoms with Gasteiger partial charge in [-0.3, -0.25) is 0 Å². The van der Waals surface area contributed by atoms with E-state index in [4.69, 9.17) is 0 Å². The van der Waals surface area contributed by atoms with Crippen LogP contribution in [0.2, 0.25) is 0 Å². The van der Waals surface area contributed by atoms with E-state index in [9.17, 15) is 9.50 Å². The van der Waals surface area contributed by atoms with E-state index in [1.165, 1.54) is 6.92 Å². The molecule has 0 bridgehead atoms. The summed E-state index contributed by atoms with van der Waals surface area (Å²) in [5, 5.41) is 9.25. The highest BCUT2D eigenvalue weighted by molar-refractivity contribution is 4.34. The molecule has 0 aliphatic heterocycles. The quantitative estimate of drug-likeness (QED) is 0.440. The molecule has 2 heteroatoms. The van der Waals surface area contributed by atoms with Gasteiger partial charge in [-0.05, 0) is 6.92 Å². The molecule has 0 aromatic rings. The standard InChI is InChI=1S/C3H6FO/c1-3(4)2-5/h3H,2H2,1H3. The van der Waals surface area contributed by atoms with E-state index in [2.05, 4.69) is 0 Å². The smallest absolute Gasteiger partial charge is 0.124 e. The van der Waals surface area contributed by atoms with Crippen LogP contribution >= 0.6 is 0 Å². The van der Waals surface area contributed by atoms with Crippen LogP contribution in [0.25, 0.3) is 0 Å². The minimum absolute atomic E-state index is 0.611. The Kier molecular flexibility index (Phi) is 2.10. The lowest BCUT2D eigenvalue weighted by molar-refractivity contribution is 0.124. The van der Waals surface area contributed by atoms with Gasteiger partial charge < -0.3 is 0 Å². The van der Waals surface area contributed by atoms with Gasteiger partial charge in [-0.15, -0.1) is 0 Å². The molecule has 1 atom stereocenters. The van der Waals surface area contributed by atoms with Crippen molar-refractivity contribution in [1.29, 1.82) is 0 Å². The zero-order chi connectivity index (χ0) is 4.28. The molecule has 0 rings (SSSR count). The van der Waals surface area contributed by atoms with Crippen LogP contribution in [0, 0.1) is 0 Å². The lowest BCUT2D eigenvalue weighted by Crippen LogP contribution is -1.94. The van der Waals surface area contributed by atoms with Gasteiger partial charge in [0.05, 0.1) is 0 Å². The monoisotopic (exact) mass is 77.0 g/mol. The fourth-order valence-corrected chi connectivity index (χ4v) is 0. The Morgan fingerprint density at radius 3 is 2.20 bits per heavy atom. The molecule has 0 saturated carbocycles. The number of halogens is 1. The summed E-state index contributed by atoms with van der Waals surface area (Å²) in [6, 6.07) is 0. The highest BCUT2D eigenvalue weighted by atomic mass is 19.1. The van der Waals surface area contributed by atoms with Gasteiger partial charge >= 0.3 is 0 Å². The SMILES string of the molecule is CC(F)C[O]. The van der Waals surface area contributed by atoms with Crippen LogP contribution in [-0.4, -0.2) is 12.8 Å². The summed E-state index contributed by atoms with van der Waals surface area (Å²) in [7, 11) is 0. The van der Waals surface area contributed by atoms with Gasteiger partial charge in [0, 0.05) is 0 Å². The molecule has 0 aromatic heterocycles. The van der Waals surface area contributed by atoms with Crippen molar-refractivity contribution < 1.29 is 9.50 Å². The lowest BCUT2D eigenvalue weighted by atomic mass is 10.5. The third-order valence-electron chi connectivity index (χ3n) is 0.230. The van der Waals surface area contributed by atoms with E-state index in [1.54, 1.807) is 0 Å². The molecule has 0 fully saturated rings. The van der Waals surface area contributed by atoms with Crippen LogP contribution in [0.3, 0.4) is 0 Å². The van der Waals surface area contributed by atoms with Crippen molar-refractivity contribution in [2.75, 3.05) is 6.61 Å². The number of hydrogen-bond acceptors (Lipinski definition) is 0. The molecule has 1 radical (unpaired) electrons. The molecule has 0 aromatic carbocycles. The molecule has 0 aliphatic carbocycles. The third kappa shape index (κ3) is 3.89. The normalized spacial score (nSPS) is 15.0. The maximum absolute atomic E-state index is 11.1. The van der Waals surface area contributed by atoms with Crippen molar-refractivity contribution in [3.8, 4) is 0 Å². The summed E-state index contributed by atoms with van der Waals surface area (Å²) in [6.45, 7) is 0.632. The molecule has 0 aliphatic rings. The first-order valence-corrected chi connectivity index (χ1v) is 1.49. The topological polar surface area (TPSA) is 19.9 Å². The highest BCUT2D eigenvalue weighted by Gasteiger charge is 1.89. The summed E-state index contributed by atoms with van der Waals surface area (Å²) in [5.41, 5.74) is 0. The van der Waals surface area contributed by atoms with Crippen molar-refractivity contribution in [1.82, 2.24) is 0 Å². The predicted molar refractivity (Wildman–Crippen MR) is 16.1 cm³/mol. The average molecular weight is 77.1 g/mol. The Bertz CT molecular complexity index is 20.9. The first kappa shape index (κ1) is 4.89. The number of alkyl halides is 1. The Hall–Kier alpha value is -0.110. The zero-order valence-corrected chi connectivity index (χ0v) is 3.07. The van der Waals surface area contributed by atoms with E-state index in [0.717, 1.165) is 0 Å². The fourth-order valence-electron chi connectivity index (χ4n) is 0. The second-order valence-electron chi connectivity index (χ2n) is 0.947. The van der Waals surface area contributed by atoms with Crippen molar-refractivity contribution in [3.05, 3.63) is 0 Å². The van der Waals surface area contributed by atoms with E-state index in [1.807, 2.05) is 0 Å². The van der Waals surface area contributed by atoms with Crippen LogP contribution in [0.4, 0.5) is 4.39 Å². The van der Waals surface area contributed by atoms with Gasteiger partial charge in [-0.1, -0.05) is 0 Å². The van der Waals surface area contributed by atoms with Crippen molar-refractivity contribution in [2.24, 2.45) is 0 Å². The summed E-state index contributed by atoms with van der Waals surface area (Å²) < 4.78 is 11.1. The maximum atomic E-state index is 11.1. The van der Waals surface area contributed by atoms with E-state index in [-0.39, 0.29) is 0 Å². The largest absolute Gasteiger partial charge is 0.245 e. The lowest BCUT2D eigenvalue weighted by Gasteiger charge is -1.83. The van der Waals surface area contributed by atoms with Crippen LogP contribution in [-0.2, 0) is 5.11 Å². The molecule has 0 spiro atoms. The Labute approximate surface area is 30.4 Å². The summed E-state index contributed by atoms with van der Waals surface area (Å²) in [5.74, 6) is 0. The fraction of sp³-hybridized carbons (Fsp3) is 1.00. The summed E-state index contributed by atoms with van der Waals surface area (Å²) >= 11 is 0. The van der Waals surface area contributed by atoms with Crippen molar-refractivity contribution in [2.45, 2.75) is 13.1 Å². The number of rotatable bonds is 1. The predicted octanol–water partition coefficient (Wildman–Crippen LogP) is 0.775. The van der Waals surface area contributed by atoms with Gasteiger partial charge in [0.15, 0.2) is 0 Å². The van der Waals surface area contributed by atoms with Crippen LogP contribution in [0.1, 0.15) is 6.92 Å². The van der Waals surface area contributed by atoms with Gasteiger partial charge in [-0.25, -0.2) is 9.50 Å². The third-order valence-corrected chi connectivity index (χ3v) is 0.230. The first-order chi connectivity index (χ1) is 2.27. The Morgan fingerprint density at radius 2 is 2.20 bits per heavy atom. The zero-order valence-electron chi connectivity index (χ0n) is 3.07. The molecule has 0 saturated heterocycles. The van der Waals surface area contributed by atoms with Gasteiger partial charge in [0.1, 0.15) is 12.8 Å². The molecule has 1 unspecified atom stereocenters. The molecule has 0 heterocycles. The molecule has 0 N–H and O–H groups in total. The van der Waals surface area contributed by atoms with Gasteiger partial charge in [0.2, 0.25) is 0 Å². The van der Waals surface area contributed by atoms with E-state index >= 15 is 0 Å². The average Bonchev–Trinajstić information content (AvgIpc) is 1.38. The molecular weight excluding hydrogens is 71.0 g/mol. The van der Waals surface area contributed by atoms with Crippen molar-refractivity contribution in [3.63, 3.8) is 0 Å². The minimum Gasteiger partial charge on any atom is -0.245 e. The highest BCUT2D eigenvalue weighted by Crippen LogP contribution is 1.80. The minimum atomic E-state index is -1.17. The first-order valence-electron chi connectivity index (χ1n) is 1.49. The van der Waals surface area contributed by atoms with Crippen LogP contribution in [0.15, 0.2) is 0 Å². The number of hydrogen-bond donors (Lipinski definition) is 0. The van der Waals surface area contributed by atoms with Crippen LogP contribution < -0.4 is 0 Å². The molecule has 0 amide bonds. The van der Waals surface area contributed by atoms with Gasteiger partial charge in [0.25, 0.3) is 0 Å². The maximum Gasteiger partial charge on any atom is 0.124 e.